The first-order chi connectivity index (χ1) is 9.02. The van der Waals surface area contributed by atoms with E-state index < -0.39 is 11.7 Å². The van der Waals surface area contributed by atoms with Gasteiger partial charge in [0.25, 0.3) is 0 Å². The third kappa shape index (κ3) is 3.49. The van der Waals surface area contributed by atoms with Crippen LogP contribution in [-0.4, -0.2) is 22.9 Å². The summed E-state index contributed by atoms with van der Waals surface area (Å²) in [7, 11) is 1.87. The molecule has 1 saturated carbocycles. The van der Waals surface area contributed by atoms with Crippen molar-refractivity contribution in [3.8, 4) is 0 Å². The second-order valence-corrected chi connectivity index (χ2v) is 5.16. The molecular formula is C13H20F3N3. The number of hydrogen-bond donors (Lipinski definition) is 1. The van der Waals surface area contributed by atoms with E-state index in [1.165, 1.54) is 11.1 Å². The van der Waals surface area contributed by atoms with E-state index in [-0.39, 0.29) is 12.1 Å². The SMILES string of the molecule is CNC1CCCCCCC1n1cc(C(F)(F)F)cn1. The average Bonchev–Trinajstić information content (AvgIpc) is 2.78. The predicted molar refractivity (Wildman–Crippen MR) is 66.8 cm³/mol. The van der Waals surface area contributed by atoms with E-state index >= 15 is 0 Å². The zero-order valence-corrected chi connectivity index (χ0v) is 11.1. The molecule has 3 nitrogen and oxygen atoms in total. The lowest BCUT2D eigenvalue weighted by atomic mass is 9.92. The first-order valence-electron chi connectivity index (χ1n) is 6.81. The Balaban J connectivity index is 2.18. The summed E-state index contributed by atoms with van der Waals surface area (Å²) in [5.74, 6) is 0. The molecule has 1 aromatic heterocycles. The van der Waals surface area contributed by atoms with Crippen LogP contribution < -0.4 is 5.32 Å². The number of rotatable bonds is 2. The number of halogens is 3. The predicted octanol–water partition coefficient (Wildman–Crippen LogP) is 3.39. The Hall–Kier alpha value is -1.04. The Kier molecular flexibility index (Phi) is 4.50. The molecule has 6 heteroatoms. The van der Waals surface area contributed by atoms with Gasteiger partial charge in [-0.2, -0.15) is 18.3 Å². The second-order valence-electron chi connectivity index (χ2n) is 5.16. The third-order valence-corrected chi connectivity index (χ3v) is 3.87. The van der Waals surface area contributed by atoms with Crippen LogP contribution in [0.5, 0.6) is 0 Å². The first-order valence-corrected chi connectivity index (χ1v) is 6.81. The monoisotopic (exact) mass is 275 g/mol. The van der Waals surface area contributed by atoms with E-state index in [1.807, 2.05) is 7.05 Å². The van der Waals surface area contributed by atoms with Crippen LogP contribution in [0.2, 0.25) is 0 Å². The third-order valence-electron chi connectivity index (χ3n) is 3.87. The van der Waals surface area contributed by atoms with Crippen LogP contribution in [0.1, 0.15) is 50.1 Å². The van der Waals surface area contributed by atoms with Gasteiger partial charge in [0.15, 0.2) is 0 Å². The molecule has 0 aliphatic heterocycles. The van der Waals surface area contributed by atoms with Crippen molar-refractivity contribution in [1.29, 1.82) is 0 Å². The molecule has 1 N–H and O–H groups in total. The molecule has 0 amide bonds. The maximum Gasteiger partial charge on any atom is 0.419 e. The van der Waals surface area contributed by atoms with Crippen molar-refractivity contribution in [3.63, 3.8) is 0 Å². The molecule has 1 aliphatic rings. The molecule has 1 heterocycles. The van der Waals surface area contributed by atoms with Gasteiger partial charge in [0.05, 0.1) is 17.8 Å². The van der Waals surface area contributed by atoms with Gasteiger partial charge in [-0.25, -0.2) is 0 Å². The highest BCUT2D eigenvalue weighted by atomic mass is 19.4. The molecule has 108 valence electrons. The zero-order chi connectivity index (χ0) is 13.9. The first kappa shape index (κ1) is 14.4. The molecule has 2 unspecified atom stereocenters. The van der Waals surface area contributed by atoms with Gasteiger partial charge in [0.2, 0.25) is 0 Å². The van der Waals surface area contributed by atoms with Crippen molar-refractivity contribution in [2.75, 3.05) is 7.05 Å². The van der Waals surface area contributed by atoms with Gasteiger partial charge in [0.1, 0.15) is 0 Å². The highest BCUT2D eigenvalue weighted by Gasteiger charge is 2.33. The van der Waals surface area contributed by atoms with E-state index in [9.17, 15) is 13.2 Å². The molecule has 1 aliphatic carbocycles. The van der Waals surface area contributed by atoms with Crippen molar-refractivity contribution >= 4 is 0 Å². The fourth-order valence-electron chi connectivity index (χ4n) is 2.78. The highest BCUT2D eigenvalue weighted by Crippen LogP contribution is 2.31. The molecule has 1 aromatic rings. The normalized spacial score (nSPS) is 25.9. The number of nitrogens with zero attached hydrogens (tertiary/aromatic N) is 2. The van der Waals surface area contributed by atoms with Crippen molar-refractivity contribution in [2.24, 2.45) is 0 Å². The molecule has 0 spiro atoms. The minimum Gasteiger partial charge on any atom is -0.315 e. The number of nitrogens with one attached hydrogen (secondary N) is 1. The van der Waals surface area contributed by atoms with E-state index in [2.05, 4.69) is 10.4 Å². The van der Waals surface area contributed by atoms with Gasteiger partial charge in [-0.05, 0) is 19.9 Å². The Bertz CT molecular complexity index is 400. The largest absolute Gasteiger partial charge is 0.419 e. The second kappa shape index (κ2) is 5.94. The summed E-state index contributed by atoms with van der Waals surface area (Å²) in [5, 5.41) is 7.16. The summed E-state index contributed by atoms with van der Waals surface area (Å²) >= 11 is 0. The molecule has 2 rings (SSSR count). The Morgan fingerprint density at radius 2 is 1.89 bits per heavy atom. The van der Waals surface area contributed by atoms with Gasteiger partial charge in [-0.3, -0.25) is 4.68 Å². The van der Waals surface area contributed by atoms with E-state index in [4.69, 9.17) is 0 Å². The van der Waals surface area contributed by atoms with Gasteiger partial charge in [-0.15, -0.1) is 0 Å². The van der Waals surface area contributed by atoms with Gasteiger partial charge >= 0.3 is 6.18 Å². The zero-order valence-electron chi connectivity index (χ0n) is 11.1. The summed E-state index contributed by atoms with van der Waals surface area (Å²) < 4.78 is 39.4. The summed E-state index contributed by atoms with van der Waals surface area (Å²) in [6.45, 7) is 0. The van der Waals surface area contributed by atoms with Crippen LogP contribution in [-0.2, 0) is 6.18 Å². The topological polar surface area (TPSA) is 29.9 Å². The van der Waals surface area contributed by atoms with E-state index in [1.54, 1.807) is 0 Å². The lowest BCUT2D eigenvalue weighted by Gasteiger charge is -2.29. The molecule has 0 bridgehead atoms. The van der Waals surface area contributed by atoms with Gasteiger partial charge in [-0.1, -0.05) is 25.7 Å². The summed E-state index contributed by atoms with van der Waals surface area (Å²) in [4.78, 5) is 0. The van der Waals surface area contributed by atoms with Crippen LogP contribution in [0.25, 0.3) is 0 Å². The quantitative estimate of drug-likeness (QED) is 0.896. The number of aromatic nitrogens is 2. The Morgan fingerprint density at radius 3 is 2.47 bits per heavy atom. The maximum atomic E-state index is 12.6. The lowest BCUT2D eigenvalue weighted by molar-refractivity contribution is -0.137. The summed E-state index contributed by atoms with van der Waals surface area (Å²) in [6.07, 6.45) is 4.14. The fraction of sp³-hybridized carbons (Fsp3) is 0.769. The van der Waals surface area contributed by atoms with E-state index in [0.717, 1.165) is 44.5 Å². The van der Waals surface area contributed by atoms with Crippen molar-refractivity contribution < 1.29 is 13.2 Å². The average molecular weight is 275 g/mol. The van der Waals surface area contributed by atoms with Crippen LogP contribution in [0, 0.1) is 0 Å². The maximum absolute atomic E-state index is 12.6. The van der Waals surface area contributed by atoms with Crippen LogP contribution >= 0.6 is 0 Å². The molecule has 0 aromatic carbocycles. The fourth-order valence-corrected chi connectivity index (χ4v) is 2.78. The van der Waals surface area contributed by atoms with Crippen LogP contribution in [0.3, 0.4) is 0 Å². The lowest BCUT2D eigenvalue weighted by Crippen LogP contribution is -2.36. The molecule has 0 saturated heterocycles. The summed E-state index contributed by atoms with van der Waals surface area (Å²) in [5.41, 5.74) is -0.663. The van der Waals surface area contributed by atoms with Crippen LogP contribution in [0.15, 0.2) is 12.4 Å². The van der Waals surface area contributed by atoms with Crippen LogP contribution in [0.4, 0.5) is 13.2 Å². The molecule has 0 radical (unpaired) electrons. The number of likely N-dealkylation sites (N-methyl/N-ethyl adjacent to an activating group) is 1. The molecule has 2 atom stereocenters. The highest BCUT2D eigenvalue weighted by molar-refractivity contribution is 5.09. The Labute approximate surface area is 111 Å². The number of hydrogen-bond acceptors (Lipinski definition) is 2. The molecule has 19 heavy (non-hydrogen) atoms. The smallest absolute Gasteiger partial charge is 0.315 e. The molecule has 1 fully saturated rings. The standard InChI is InChI=1S/C13H20F3N3/c1-17-11-6-4-2-3-5-7-12(11)19-9-10(8-18-19)13(14,15)16/h8-9,11-12,17H,2-7H2,1H3. The minimum absolute atomic E-state index is 0.0152. The number of alkyl halides is 3. The van der Waals surface area contributed by atoms with Crippen molar-refractivity contribution in [3.05, 3.63) is 18.0 Å². The Morgan fingerprint density at radius 1 is 1.21 bits per heavy atom. The van der Waals surface area contributed by atoms with Crippen molar-refractivity contribution in [1.82, 2.24) is 15.1 Å². The summed E-state index contributed by atoms with van der Waals surface area (Å²) in [6, 6.07) is 0.211. The minimum atomic E-state index is -4.31. The van der Waals surface area contributed by atoms with Gasteiger partial charge in [0, 0.05) is 12.2 Å². The van der Waals surface area contributed by atoms with Gasteiger partial charge < -0.3 is 5.32 Å². The van der Waals surface area contributed by atoms with Crippen molar-refractivity contribution in [2.45, 2.75) is 56.8 Å². The molecular weight excluding hydrogens is 255 g/mol. The van der Waals surface area contributed by atoms with E-state index in [0.29, 0.717) is 0 Å².